The van der Waals surface area contributed by atoms with Gasteiger partial charge in [0.15, 0.2) is 0 Å². The normalized spacial score (nSPS) is 13.6. The van der Waals surface area contributed by atoms with E-state index in [0.717, 1.165) is 11.6 Å². The molecule has 0 saturated carbocycles. The molecule has 0 bridgehead atoms. The van der Waals surface area contributed by atoms with E-state index in [1.54, 1.807) is 30.5 Å². The van der Waals surface area contributed by atoms with Gasteiger partial charge in [-0.15, -0.1) is 0 Å². The Hall–Kier alpha value is -3.40. The molecule has 132 valence electrons. The summed E-state index contributed by atoms with van der Waals surface area (Å²) in [4.78, 5) is 0. The number of hydrogen-bond donors (Lipinski definition) is 2. The summed E-state index contributed by atoms with van der Waals surface area (Å²) in [5.41, 5.74) is 7.15. The molecular weight excluding hydrogens is 343 g/mol. The fourth-order valence-corrected chi connectivity index (χ4v) is 2.53. The number of para-hydroxylation sites is 1. The Morgan fingerprint density at radius 1 is 1.08 bits per heavy atom. The van der Waals surface area contributed by atoms with Gasteiger partial charge in [0.25, 0.3) is 0 Å². The zero-order valence-corrected chi connectivity index (χ0v) is 13.5. The first-order chi connectivity index (χ1) is 12.5. The van der Waals surface area contributed by atoms with E-state index in [-0.39, 0.29) is 12.4 Å². The molecule has 2 aromatic rings. The first kappa shape index (κ1) is 17.4. The summed E-state index contributed by atoms with van der Waals surface area (Å²) < 4.78 is 44.5. The molecule has 0 aliphatic carbocycles. The smallest absolute Gasteiger partial charge is 0.419 e. The molecule has 0 radical (unpaired) electrons. The number of hydrogen-bond acceptors (Lipinski definition) is 4. The van der Waals surface area contributed by atoms with Crippen LogP contribution < -0.4 is 15.6 Å². The lowest BCUT2D eigenvalue weighted by atomic mass is 10.0. The van der Waals surface area contributed by atoms with E-state index >= 15 is 0 Å². The Morgan fingerprint density at radius 3 is 2.65 bits per heavy atom. The maximum absolute atomic E-state index is 13.0. The van der Waals surface area contributed by atoms with Crippen LogP contribution in [0.5, 0.6) is 5.75 Å². The lowest BCUT2D eigenvalue weighted by Crippen LogP contribution is -2.28. The predicted molar refractivity (Wildman–Crippen MR) is 90.2 cm³/mol. The quantitative estimate of drug-likeness (QED) is 0.863. The van der Waals surface area contributed by atoms with Gasteiger partial charge in [0.2, 0.25) is 0 Å². The van der Waals surface area contributed by atoms with Gasteiger partial charge in [0.05, 0.1) is 5.56 Å². The number of nitrogens with zero attached hydrogens (tertiary/aromatic N) is 1. The van der Waals surface area contributed by atoms with Crippen molar-refractivity contribution in [2.75, 3.05) is 0 Å². The Morgan fingerprint density at radius 2 is 1.88 bits per heavy atom. The zero-order valence-electron chi connectivity index (χ0n) is 13.5. The minimum Gasteiger partial charge on any atom is -0.488 e. The largest absolute Gasteiger partial charge is 0.488 e. The molecule has 0 saturated heterocycles. The Balaban J connectivity index is 1.82. The second-order valence-corrected chi connectivity index (χ2v) is 5.49. The van der Waals surface area contributed by atoms with Crippen molar-refractivity contribution in [3.63, 3.8) is 0 Å². The minimum absolute atomic E-state index is 0.0223. The van der Waals surface area contributed by atoms with Crippen molar-refractivity contribution < 1.29 is 17.9 Å². The third-order valence-corrected chi connectivity index (χ3v) is 3.74. The molecule has 2 aromatic carbocycles. The van der Waals surface area contributed by atoms with Gasteiger partial charge in [-0.2, -0.15) is 18.4 Å². The van der Waals surface area contributed by atoms with Crippen LogP contribution >= 0.6 is 0 Å². The van der Waals surface area contributed by atoms with Crippen molar-refractivity contribution in [2.24, 2.45) is 0 Å². The van der Waals surface area contributed by atoms with E-state index in [9.17, 15) is 18.4 Å². The molecule has 0 unspecified atom stereocenters. The number of benzene rings is 2. The van der Waals surface area contributed by atoms with Crippen molar-refractivity contribution >= 4 is 5.57 Å². The van der Waals surface area contributed by atoms with Crippen LogP contribution in [0.1, 0.15) is 16.7 Å². The second-order valence-electron chi connectivity index (χ2n) is 5.49. The lowest BCUT2D eigenvalue weighted by Gasteiger charge is -2.16. The highest BCUT2D eigenvalue weighted by Crippen LogP contribution is 2.36. The average Bonchev–Trinajstić information content (AvgIpc) is 2.66. The van der Waals surface area contributed by atoms with Crippen molar-refractivity contribution in [2.45, 2.75) is 12.8 Å². The molecule has 0 atom stereocenters. The van der Waals surface area contributed by atoms with Gasteiger partial charge in [0, 0.05) is 11.8 Å². The lowest BCUT2D eigenvalue weighted by molar-refractivity contribution is -0.139. The summed E-state index contributed by atoms with van der Waals surface area (Å²) in [6.07, 6.45) is -1.08. The molecule has 0 aromatic heterocycles. The first-order valence-electron chi connectivity index (χ1n) is 7.70. The number of rotatable bonds is 4. The van der Waals surface area contributed by atoms with E-state index < -0.39 is 11.7 Å². The fourth-order valence-electron chi connectivity index (χ4n) is 2.53. The van der Waals surface area contributed by atoms with Crippen LogP contribution in [0, 0.1) is 11.3 Å². The highest BCUT2D eigenvalue weighted by Gasteiger charge is 2.33. The molecule has 1 aliphatic heterocycles. The molecule has 2 N–H and O–H groups in total. The Kier molecular flexibility index (Phi) is 4.85. The summed E-state index contributed by atoms with van der Waals surface area (Å²) in [5, 5.41) is 9.18. The molecule has 0 amide bonds. The summed E-state index contributed by atoms with van der Waals surface area (Å²) in [5.74, 6) is -0.217. The van der Waals surface area contributed by atoms with Crippen LogP contribution in [0.3, 0.4) is 0 Å². The third-order valence-electron chi connectivity index (χ3n) is 3.74. The molecule has 0 fully saturated rings. The first-order valence-corrected chi connectivity index (χ1v) is 7.70. The topological polar surface area (TPSA) is 57.1 Å². The van der Waals surface area contributed by atoms with Gasteiger partial charge < -0.3 is 10.2 Å². The molecule has 4 nitrogen and oxygen atoms in total. The Labute approximate surface area is 148 Å². The van der Waals surface area contributed by atoms with E-state index in [1.807, 2.05) is 6.07 Å². The van der Waals surface area contributed by atoms with E-state index in [1.165, 1.54) is 18.2 Å². The molecular formula is C19H14F3N3O. The van der Waals surface area contributed by atoms with E-state index in [0.29, 0.717) is 16.8 Å². The number of nitriles is 1. The van der Waals surface area contributed by atoms with Gasteiger partial charge in [0.1, 0.15) is 24.1 Å². The highest BCUT2D eigenvalue weighted by molar-refractivity contribution is 5.79. The number of alkyl halides is 3. The molecule has 1 heterocycles. The van der Waals surface area contributed by atoms with Crippen LogP contribution in [0.4, 0.5) is 13.2 Å². The van der Waals surface area contributed by atoms with Crippen LogP contribution in [-0.2, 0) is 12.8 Å². The van der Waals surface area contributed by atoms with Gasteiger partial charge in [-0.05, 0) is 35.4 Å². The van der Waals surface area contributed by atoms with Crippen LogP contribution in [0.2, 0.25) is 0 Å². The second kappa shape index (κ2) is 7.23. The number of hydrazine groups is 1. The van der Waals surface area contributed by atoms with Crippen molar-refractivity contribution in [1.29, 1.82) is 5.26 Å². The summed E-state index contributed by atoms with van der Waals surface area (Å²) >= 11 is 0. The van der Waals surface area contributed by atoms with Crippen LogP contribution in [0.25, 0.3) is 5.57 Å². The maximum Gasteiger partial charge on any atom is 0.419 e. The third kappa shape index (κ3) is 3.81. The van der Waals surface area contributed by atoms with Crippen LogP contribution in [0.15, 0.2) is 66.5 Å². The Bertz CT molecular complexity index is 911. The molecule has 26 heavy (non-hydrogen) atoms. The highest BCUT2D eigenvalue weighted by atomic mass is 19.4. The number of halogens is 3. The molecule has 1 aliphatic rings. The maximum atomic E-state index is 13.0. The van der Waals surface area contributed by atoms with Gasteiger partial charge >= 0.3 is 6.18 Å². The average molecular weight is 357 g/mol. The standard InChI is InChI=1S/C19H14F3N3O/c20-19(21,22)16-6-1-2-7-18(16)26-12-13-4-3-5-14(10-13)15-8-9-24-25-17(15)11-23/h1-10,24-25H,12H2. The minimum atomic E-state index is -4.48. The number of ether oxygens (including phenoxy) is 1. The monoisotopic (exact) mass is 357 g/mol. The number of allylic oxidation sites excluding steroid dienone is 3. The summed E-state index contributed by atoms with van der Waals surface area (Å²) in [6.45, 7) is -0.0223. The summed E-state index contributed by atoms with van der Waals surface area (Å²) in [6, 6.07) is 14.3. The van der Waals surface area contributed by atoms with Gasteiger partial charge in [-0.25, -0.2) is 0 Å². The predicted octanol–water partition coefficient (Wildman–Crippen LogP) is 4.14. The van der Waals surface area contributed by atoms with Crippen molar-refractivity contribution in [3.05, 3.63) is 83.2 Å². The van der Waals surface area contributed by atoms with Crippen LogP contribution in [-0.4, -0.2) is 0 Å². The zero-order chi connectivity index (χ0) is 18.6. The van der Waals surface area contributed by atoms with Crippen molar-refractivity contribution in [1.82, 2.24) is 10.9 Å². The van der Waals surface area contributed by atoms with Gasteiger partial charge in [-0.1, -0.05) is 30.3 Å². The van der Waals surface area contributed by atoms with Gasteiger partial charge in [-0.3, -0.25) is 5.43 Å². The number of nitrogens with one attached hydrogen (secondary N) is 2. The molecule has 3 rings (SSSR count). The molecule has 7 heteroatoms. The van der Waals surface area contributed by atoms with E-state index in [4.69, 9.17) is 4.74 Å². The van der Waals surface area contributed by atoms with Crippen molar-refractivity contribution in [3.8, 4) is 11.8 Å². The fraction of sp³-hybridized carbons (Fsp3) is 0.105. The molecule has 0 spiro atoms. The summed E-state index contributed by atoms with van der Waals surface area (Å²) in [7, 11) is 0. The SMILES string of the molecule is N#CC1=C(c2cccc(COc3ccccc3C(F)(F)F)c2)C=CNN1. The van der Waals surface area contributed by atoms with E-state index in [2.05, 4.69) is 16.9 Å².